The summed E-state index contributed by atoms with van der Waals surface area (Å²) in [5.41, 5.74) is 8.44. The van der Waals surface area contributed by atoms with Crippen LogP contribution in [-0.4, -0.2) is 35.7 Å². The van der Waals surface area contributed by atoms with E-state index in [9.17, 15) is 35.7 Å². The van der Waals surface area contributed by atoms with Crippen LogP contribution in [0.2, 0.25) is 0 Å². The topological polar surface area (TPSA) is 142 Å². The van der Waals surface area contributed by atoms with Crippen molar-refractivity contribution < 1.29 is 35.7 Å². The lowest BCUT2D eigenvalue weighted by Gasteiger charge is -2.18. The van der Waals surface area contributed by atoms with Crippen LogP contribution in [0.1, 0.15) is 38.9 Å². The molecule has 0 heterocycles. The summed E-state index contributed by atoms with van der Waals surface area (Å²) in [6.45, 7) is 1.97. The molecule has 272 valence electrons. The minimum absolute atomic E-state index is 0.0112. The van der Waals surface area contributed by atoms with E-state index in [1.54, 1.807) is 72.8 Å². The first-order chi connectivity index (χ1) is 26.5. The van der Waals surface area contributed by atoms with Gasteiger partial charge in [0.1, 0.15) is 40.2 Å². The van der Waals surface area contributed by atoms with Crippen molar-refractivity contribution in [3.8, 4) is 62.5 Å². The van der Waals surface area contributed by atoms with E-state index >= 15 is 0 Å². The third kappa shape index (κ3) is 6.68. The molecule has 0 amide bonds. The number of fused-ring (bicyclic) bond motifs is 2. The van der Waals surface area contributed by atoms with Gasteiger partial charge in [-0.25, -0.2) is 0 Å². The maximum atomic E-state index is 11.5. The summed E-state index contributed by atoms with van der Waals surface area (Å²) in [4.78, 5) is 0. The first kappa shape index (κ1) is 34.9. The largest absolute Gasteiger partial charge is 0.508 e. The SMILES string of the molecule is Cc1cccc2c(Cc3ccc(O)cc3-c3cc(-c4ccc(O)c5c(O)c(Cc6ccc(O)cc6)ccc45)ccc3O)cc(Cc3ccc(O)cc3)c(O)c12. The summed E-state index contributed by atoms with van der Waals surface area (Å²) in [5.74, 6) is 0.463. The quantitative estimate of drug-likeness (QED) is 0.0826. The molecule has 0 aromatic heterocycles. The first-order valence-corrected chi connectivity index (χ1v) is 17.9. The zero-order valence-corrected chi connectivity index (χ0v) is 30.0. The second-order valence-corrected chi connectivity index (χ2v) is 14.1. The molecular weight excluding hydrogens is 689 g/mol. The Balaban J connectivity index is 1.22. The maximum Gasteiger partial charge on any atom is 0.130 e. The van der Waals surface area contributed by atoms with Gasteiger partial charge in [-0.3, -0.25) is 0 Å². The molecule has 0 aliphatic carbocycles. The predicted molar refractivity (Wildman–Crippen MR) is 216 cm³/mol. The molecule has 0 radical (unpaired) electrons. The van der Waals surface area contributed by atoms with Crippen molar-refractivity contribution in [2.75, 3.05) is 0 Å². The summed E-state index contributed by atoms with van der Waals surface area (Å²) in [5, 5.41) is 78.1. The number of phenolic OH excluding ortho intramolecular Hbond substituents is 7. The van der Waals surface area contributed by atoms with E-state index in [1.165, 1.54) is 0 Å². The van der Waals surface area contributed by atoms with E-state index in [1.807, 2.05) is 67.6 Å². The van der Waals surface area contributed by atoms with Crippen LogP contribution in [0.3, 0.4) is 0 Å². The second kappa shape index (κ2) is 14.0. The Kier molecular flexibility index (Phi) is 8.91. The number of hydrogen-bond donors (Lipinski definition) is 7. The van der Waals surface area contributed by atoms with Gasteiger partial charge < -0.3 is 35.7 Å². The molecule has 7 heteroatoms. The number of rotatable bonds is 8. The van der Waals surface area contributed by atoms with Crippen molar-refractivity contribution in [1.82, 2.24) is 0 Å². The molecule has 0 aliphatic heterocycles. The van der Waals surface area contributed by atoms with Crippen LogP contribution in [0.15, 0.2) is 133 Å². The van der Waals surface area contributed by atoms with Gasteiger partial charge in [0.25, 0.3) is 0 Å². The van der Waals surface area contributed by atoms with E-state index in [4.69, 9.17) is 0 Å². The van der Waals surface area contributed by atoms with Crippen LogP contribution >= 0.6 is 0 Å². The Hall–Kier alpha value is -7.12. The highest BCUT2D eigenvalue weighted by atomic mass is 16.3. The van der Waals surface area contributed by atoms with Crippen LogP contribution in [0.25, 0.3) is 43.8 Å². The molecule has 7 N–H and O–H groups in total. The molecule has 0 saturated carbocycles. The third-order valence-corrected chi connectivity index (χ3v) is 10.5. The summed E-state index contributed by atoms with van der Waals surface area (Å²) >= 11 is 0. The predicted octanol–water partition coefficient (Wildman–Crippen LogP) is 10.3. The summed E-state index contributed by atoms with van der Waals surface area (Å²) in [7, 11) is 0. The molecule has 0 fully saturated rings. The van der Waals surface area contributed by atoms with E-state index in [-0.39, 0.29) is 40.2 Å². The van der Waals surface area contributed by atoms with Gasteiger partial charge in [0.15, 0.2) is 0 Å². The van der Waals surface area contributed by atoms with Crippen LogP contribution in [0, 0.1) is 6.92 Å². The molecule has 0 atom stereocenters. The number of phenols is 7. The molecule has 0 bridgehead atoms. The molecule has 7 nitrogen and oxygen atoms in total. The van der Waals surface area contributed by atoms with Gasteiger partial charge in [0.05, 0.1) is 5.39 Å². The van der Waals surface area contributed by atoms with Crippen molar-refractivity contribution in [2.45, 2.75) is 26.2 Å². The average Bonchev–Trinajstić information content (AvgIpc) is 3.17. The van der Waals surface area contributed by atoms with Gasteiger partial charge >= 0.3 is 0 Å². The number of aryl methyl sites for hydroxylation is 1. The van der Waals surface area contributed by atoms with Crippen LogP contribution in [-0.2, 0) is 19.3 Å². The zero-order chi connectivity index (χ0) is 38.4. The van der Waals surface area contributed by atoms with Crippen molar-refractivity contribution in [2.24, 2.45) is 0 Å². The summed E-state index contributed by atoms with van der Waals surface area (Å²) in [6, 6.07) is 38.9. The van der Waals surface area contributed by atoms with Crippen LogP contribution in [0.4, 0.5) is 0 Å². The molecule has 0 saturated heterocycles. The highest BCUT2D eigenvalue weighted by Gasteiger charge is 2.20. The van der Waals surface area contributed by atoms with E-state index in [2.05, 4.69) is 0 Å². The van der Waals surface area contributed by atoms with Crippen molar-refractivity contribution >= 4 is 21.5 Å². The highest BCUT2D eigenvalue weighted by molar-refractivity contribution is 6.04. The summed E-state index contributed by atoms with van der Waals surface area (Å²) in [6.07, 6.45) is 1.26. The third-order valence-electron chi connectivity index (χ3n) is 10.5. The van der Waals surface area contributed by atoms with Crippen molar-refractivity contribution in [3.05, 3.63) is 172 Å². The van der Waals surface area contributed by atoms with Crippen molar-refractivity contribution in [3.63, 3.8) is 0 Å². The monoisotopic (exact) mass is 726 g/mol. The smallest absolute Gasteiger partial charge is 0.130 e. The van der Waals surface area contributed by atoms with Gasteiger partial charge in [-0.1, -0.05) is 78.9 Å². The Morgan fingerprint density at radius 1 is 0.382 bits per heavy atom. The lowest BCUT2D eigenvalue weighted by molar-refractivity contribution is 0.460. The molecule has 0 aliphatic rings. The minimum atomic E-state index is -0.0702. The zero-order valence-electron chi connectivity index (χ0n) is 30.0. The van der Waals surface area contributed by atoms with Gasteiger partial charge in [-0.05, 0) is 134 Å². The van der Waals surface area contributed by atoms with Gasteiger partial charge in [0.2, 0.25) is 0 Å². The van der Waals surface area contributed by atoms with Gasteiger partial charge in [-0.2, -0.15) is 0 Å². The maximum absolute atomic E-state index is 11.5. The number of benzene rings is 8. The standard InChI is InChI=1S/C48H38O7/c1-27-3-2-4-39-33(24-34(48(55)45(27)39)22-29-7-14-36(50)15-8-29)23-30-9-16-37(51)26-41(30)42-25-31(11-19-43(42)52)38-18-20-44(53)46-40(38)17-10-32(47(46)54)21-28-5-12-35(49)13-6-28/h2-20,24-26,49-55H,21-23H2,1H3. The Morgan fingerprint density at radius 2 is 1.00 bits per heavy atom. The van der Waals surface area contributed by atoms with Crippen molar-refractivity contribution in [1.29, 1.82) is 0 Å². The Labute approximate surface area is 317 Å². The fourth-order valence-electron chi connectivity index (χ4n) is 7.66. The summed E-state index contributed by atoms with van der Waals surface area (Å²) < 4.78 is 0. The molecule has 0 unspecified atom stereocenters. The van der Waals surface area contributed by atoms with Gasteiger partial charge in [-0.15, -0.1) is 0 Å². The lowest BCUT2D eigenvalue weighted by atomic mass is 9.87. The molecule has 8 aromatic rings. The van der Waals surface area contributed by atoms with E-state index in [0.29, 0.717) is 46.7 Å². The second-order valence-electron chi connectivity index (χ2n) is 14.1. The van der Waals surface area contributed by atoms with E-state index in [0.717, 1.165) is 55.3 Å². The normalized spacial score (nSPS) is 11.4. The van der Waals surface area contributed by atoms with Gasteiger partial charge in [0, 0.05) is 23.8 Å². The fourth-order valence-corrected chi connectivity index (χ4v) is 7.66. The molecular formula is C48H38O7. The number of aromatic hydroxyl groups is 7. The number of hydrogen-bond acceptors (Lipinski definition) is 7. The molecule has 55 heavy (non-hydrogen) atoms. The van der Waals surface area contributed by atoms with Crippen LogP contribution < -0.4 is 0 Å². The highest BCUT2D eigenvalue weighted by Crippen LogP contribution is 2.44. The molecule has 8 aromatic carbocycles. The lowest BCUT2D eigenvalue weighted by Crippen LogP contribution is -1.99. The molecule has 0 spiro atoms. The molecule has 8 rings (SSSR count). The Bertz CT molecular complexity index is 2750. The fraction of sp³-hybridized carbons (Fsp3) is 0.0833. The Morgan fingerprint density at radius 3 is 1.71 bits per heavy atom. The van der Waals surface area contributed by atoms with Crippen LogP contribution in [0.5, 0.6) is 40.2 Å². The minimum Gasteiger partial charge on any atom is -0.508 e. The average molecular weight is 727 g/mol. The van der Waals surface area contributed by atoms with E-state index < -0.39 is 0 Å². The first-order valence-electron chi connectivity index (χ1n) is 17.9.